The van der Waals surface area contributed by atoms with Gasteiger partial charge in [0.1, 0.15) is 5.75 Å². The van der Waals surface area contributed by atoms with E-state index in [1.807, 2.05) is 44.2 Å². The average Bonchev–Trinajstić information content (AvgIpc) is 2.58. The smallest absolute Gasteiger partial charge is 0.276 e. The van der Waals surface area contributed by atoms with Gasteiger partial charge in [-0.05, 0) is 67.3 Å². The van der Waals surface area contributed by atoms with Crippen molar-refractivity contribution < 1.29 is 13.2 Å². The first-order chi connectivity index (χ1) is 11.4. The lowest BCUT2D eigenvalue weighted by Gasteiger charge is -2.10. The third-order valence-corrected chi connectivity index (χ3v) is 5.04. The largest absolute Gasteiger partial charge is 0.497 e. The molecule has 0 aliphatic rings. The molecule has 0 fully saturated rings. The Morgan fingerprint density at radius 3 is 2.38 bits per heavy atom. The number of benzene rings is 2. The Balaban J connectivity index is 2.29. The normalized spacial score (nSPS) is 12.1. The zero-order valence-electron chi connectivity index (χ0n) is 14.3. The van der Waals surface area contributed by atoms with Crippen LogP contribution in [0.2, 0.25) is 0 Å². The molecule has 0 atom stereocenters. The van der Waals surface area contributed by atoms with Gasteiger partial charge in [0.15, 0.2) is 0 Å². The van der Waals surface area contributed by atoms with Gasteiger partial charge in [-0.1, -0.05) is 19.1 Å². The summed E-state index contributed by atoms with van der Waals surface area (Å²) in [7, 11) is -2.10. The van der Waals surface area contributed by atoms with Crippen LogP contribution in [0.5, 0.6) is 5.75 Å². The molecule has 2 aromatic rings. The zero-order valence-corrected chi connectivity index (χ0v) is 15.1. The summed E-state index contributed by atoms with van der Waals surface area (Å²) in [6.45, 7) is 5.55. The number of hydrogen-bond donors (Lipinski definition) is 1. The van der Waals surface area contributed by atoms with E-state index in [0.717, 1.165) is 16.9 Å². The van der Waals surface area contributed by atoms with Crippen molar-refractivity contribution in [3.8, 4) is 5.75 Å². The molecule has 0 aliphatic heterocycles. The predicted molar refractivity (Wildman–Crippen MR) is 96.1 cm³/mol. The summed E-state index contributed by atoms with van der Waals surface area (Å²) in [4.78, 5) is 2.60. The lowest BCUT2D eigenvalue weighted by Crippen LogP contribution is -2.21. The molecule has 1 N–H and O–H groups in total. The van der Waals surface area contributed by atoms with E-state index in [2.05, 4.69) is 9.93 Å². The Labute approximate surface area is 143 Å². The number of hydrazone groups is 1. The lowest BCUT2D eigenvalue weighted by atomic mass is 10.1. The summed E-state index contributed by atoms with van der Waals surface area (Å²) in [5.74, 6) is 0.741. The molecule has 0 unspecified atom stereocenters. The van der Waals surface area contributed by atoms with Crippen molar-refractivity contribution in [2.45, 2.75) is 32.1 Å². The van der Waals surface area contributed by atoms with Crippen LogP contribution in [0.1, 0.15) is 30.0 Å². The maximum absolute atomic E-state index is 12.5. The van der Waals surface area contributed by atoms with Crippen molar-refractivity contribution in [3.05, 3.63) is 59.2 Å². The third-order valence-electron chi connectivity index (χ3n) is 3.69. The van der Waals surface area contributed by atoms with Gasteiger partial charge in [0.05, 0.1) is 17.7 Å². The molecule has 6 heteroatoms. The number of methoxy groups -OCH3 is 1. The van der Waals surface area contributed by atoms with Crippen LogP contribution in [0, 0.1) is 13.8 Å². The first-order valence-electron chi connectivity index (χ1n) is 7.67. The highest BCUT2D eigenvalue weighted by atomic mass is 32.2. The van der Waals surface area contributed by atoms with Crippen LogP contribution in [0.3, 0.4) is 0 Å². The molecular weight excluding hydrogens is 324 g/mol. The fraction of sp³-hybridized carbons (Fsp3) is 0.278. The minimum Gasteiger partial charge on any atom is -0.497 e. The molecule has 24 heavy (non-hydrogen) atoms. The first kappa shape index (κ1) is 18.0. The second-order valence-corrected chi connectivity index (χ2v) is 7.13. The van der Waals surface area contributed by atoms with Gasteiger partial charge in [-0.2, -0.15) is 18.4 Å². The molecule has 2 aromatic carbocycles. The summed E-state index contributed by atoms with van der Waals surface area (Å²) in [5.41, 5.74) is 3.08. The van der Waals surface area contributed by atoms with Crippen molar-refractivity contribution in [2.75, 3.05) is 7.11 Å². The van der Waals surface area contributed by atoms with Crippen molar-refractivity contribution in [1.82, 2.24) is 4.83 Å². The van der Waals surface area contributed by atoms with E-state index in [4.69, 9.17) is 4.74 Å². The lowest BCUT2D eigenvalue weighted by molar-refractivity contribution is 0.415. The van der Waals surface area contributed by atoms with Crippen LogP contribution in [0.15, 0.2) is 52.5 Å². The number of hydrogen-bond acceptors (Lipinski definition) is 4. The Hall–Kier alpha value is -2.34. The molecule has 5 nitrogen and oxygen atoms in total. The molecule has 0 bridgehead atoms. The number of sulfonamides is 1. The quantitative estimate of drug-likeness (QED) is 0.644. The number of aryl methyl sites for hydroxylation is 2. The summed E-state index contributed by atoms with van der Waals surface area (Å²) in [5, 5.41) is 4.12. The van der Waals surface area contributed by atoms with Crippen LogP contribution in [-0.4, -0.2) is 21.2 Å². The minimum atomic E-state index is -3.70. The van der Waals surface area contributed by atoms with Gasteiger partial charge in [0.25, 0.3) is 10.0 Å². The molecule has 2 rings (SSSR count). The topological polar surface area (TPSA) is 67.8 Å². The second-order valence-electron chi connectivity index (χ2n) is 5.50. The standard InChI is InChI=1S/C18H22N2O3S/c1-5-17(15-8-10-16(23-4)11-9-15)19-20-24(21,22)18-12-13(2)6-7-14(18)3/h6-12,20H,5H2,1-4H3/b19-17-. The van der Waals surface area contributed by atoms with Crippen LogP contribution in [0.25, 0.3) is 0 Å². The van der Waals surface area contributed by atoms with E-state index < -0.39 is 10.0 Å². The van der Waals surface area contributed by atoms with Gasteiger partial charge in [0, 0.05) is 0 Å². The van der Waals surface area contributed by atoms with Gasteiger partial charge in [0.2, 0.25) is 0 Å². The van der Waals surface area contributed by atoms with E-state index in [9.17, 15) is 8.42 Å². The second kappa shape index (κ2) is 7.49. The molecule has 0 amide bonds. The minimum absolute atomic E-state index is 0.247. The zero-order chi connectivity index (χ0) is 17.7. The van der Waals surface area contributed by atoms with E-state index in [-0.39, 0.29) is 4.90 Å². The molecule has 0 radical (unpaired) electrons. The molecular formula is C18H22N2O3S. The Morgan fingerprint density at radius 2 is 1.79 bits per heavy atom. The number of ether oxygens (including phenoxy) is 1. The summed E-state index contributed by atoms with van der Waals surface area (Å²) < 4.78 is 30.2. The highest BCUT2D eigenvalue weighted by Crippen LogP contribution is 2.17. The summed E-state index contributed by atoms with van der Waals surface area (Å²) >= 11 is 0. The fourth-order valence-corrected chi connectivity index (χ4v) is 3.45. The predicted octanol–water partition coefficient (Wildman–Crippen LogP) is 3.40. The summed E-state index contributed by atoms with van der Waals surface area (Å²) in [6.07, 6.45) is 0.599. The van der Waals surface area contributed by atoms with E-state index >= 15 is 0 Å². The SMILES string of the molecule is CC/C(=N/NS(=O)(=O)c1cc(C)ccc1C)c1ccc(OC)cc1. The molecule has 0 heterocycles. The van der Waals surface area contributed by atoms with Gasteiger partial charge in [-0.25, -0.2) is 0 Å². The van der Waals surface area contributed by atoms with Crippen LogP contribution in [0.4, 0.5) is 0 Å². The van der Waals surface area contributed by atoms with Gasteiger partial charge in [-0.3, -0.25) is 0 Å². The van der Waals surface area contributed by atoms with Crippen molar-refractivity contribution in [1.29, 1.82) is 0 Å². The number of nitrogens with one attached hydrogen (secondary N) is 1. The Morgan fingerprint density at radius 1 is 1.12 bits per heavy atom. The summed E-state index contributed by atoms with van der Waals surface area (Å²) in [6, 6.07) is 12.7. The Bertz CT molecular complexity index is 841. The number of rotatable bonds is 6. The number of nitrogens with zero attached hydrogens (tertiary/aromatic N) is 1. The molecule has 0 spiro atoms. The molecule has 0 aliphatic carbocycles. The molecule has 0 saturated heterocycles. The van der Waals surface area contributed by atoms with Crippen molar-refractivity contribution in [3.63, 3.8) is 0 Å². The van der Waals surface area contributed by atoms with Gasteiger partial charge < -0.3 is 4.74 Å². The van der Waals surface area contributed by atoms with Gasteiger partial charge in [-0.15, -0.1) is 0 Å². The average molecular weight is 346 g/mol. The van der Waals surface area contributed by atoms with Crippen LogP contribution >= 0.6 is 0 Å². The van der Waals surface area contributed by atoms with Crippen molar-refractivity contribution in [2.24, 2.45) is 5.10 Å². The van der Waals surface area contributed by atoms with Crippen LogP contribution < -0.4 is 9.57 Å². The van der Waals surface area contributed by atoms with Crippen LogP contribution in [-0.2, 0) is 10.0 Å². The fourth-order valence-electron chi connectivity index (χ4n) is 2.29. The maximum Gasteiger partial charge on any atom is 0.276 e. The van der Waals surface area contributed by atoms with E-state index in [0.29, 0.717) is 17.7 Å². The maximum atomic E-state index is 12.5. The Kier molecular flexibility index (Phi) is 5.62. The highest BCUT2D eigenvalue weighted by molar-refractivity contribution is 7.89. The molecule has 128 valence electrons. The van der Waals surface area contributed by atoms with Gasteiger partial charge >= 0.3 is 0 Å². The highest BCUT2D eigenvalue weighted by Gasteiger charge is 2.16. The molecule has 0 saturated carbocycles. The van der Waals surface area contributed by atoms with E-state index in [1.54, 1.807) is 26.2 Å². The third kappa shape index (κ3) is 4.14. The first-order valence-corrected chi connectivity index (χ1v) is 9.15. The monoisotopic (exact) mass is 346 g/mol. The van der Waals surface area contributed by atoms with E-state index in [1.165, 1.54) is 0 Å². The molecule has 0 aromatic heterocycles. The van der Waals surface area contributed by atoms with Crippen molar-refractivity contribution >= 4 is 15.7 Å².